The van der Waals surface area contributed by atoms with E-state index in [2.05, 4.69) is 21.5 Å². The SMILES string of the molecule is CC(c1ccc(Cl)s1)n1cncc1-c1ccc(N)nc1. The van der Waals surface area contributed by atoms with Crippen molar-refractivity contribution in [2.45, 2.75) is 13.0 Å². The number of nitrogen functional groups attached to an aromatic ring is 1. The van der Waals surface area contributed by atoms with Crippen LogP contribution in [0.15, 0.2) is 43.0 Å². The van der Waals surface area contributed by atoms with Crippen molar-refractivity contribution in [3.63, 3.8) is 0 Å². The van der Waals surface area contributed by atoms with Gasteiger partial charge in [0.25, 0.3) is 0 Å². The van der Waals surface area contributed by atoms with Crippen LogP contribution in [0.25, 0.3) is 11.3 Å². The Hall–Kier alpha value is -1.85. The second-order valence-electron chi connectivity index (χ2n) is 4.48. The highest BCUT2D eigenvalue weighted by Gasteiger charge is 2.14. The molecule has 20 heavy (non-hydrogen) atoms. The monoisotopic (exact) mass is 304 g/mol. The minimum atomic E-state index is 0.169. The molecule has 3 rings (SSSR count). The zero-order chi connectivity index (χ0) is 14.1. The molecule has 6 heteroatoms. The number of hydrogen-bond acceptors (Lipinski definition) is 4. The Morgan fingerprint density at radius 2 is 2.10 bits per heavy atom. The molecule has 0 amide bonds. The summed E-state index contributed by atoms with van der Waals surface area (Å²) in [6.45, 7) is 2.12. The largest absolute Gasteiger partial charge is 0.384 e. The number of nitrogens with two attached hydrogens (primary N) is 1. The molecule has 0 aromatic carbocycles. The number of rotatable bonds is 3. The quantitative estimate of drug-likeness (QED) is 0.799. The molecule has 0 saturated heterocycles. The summed E-state index contributed by atoms with van der Waals surface area (Å²) < 4.78 is 2.90. The molecule has 0 fully saturated rings. The molecular weight excluding hydrogens is 292 g/mol. The van der Waals surface area contributed by atoms with Gasteiger partial charge in [-0.25, -0.2) is 9.97 Å². The summed E-state index contributed by atoms with van der Waals surface area (Å²) in [7, 11) is 0. The van der Waals surface area contributed by atoms with E-state index in [0.29, 0.717) is 5.82 Å². The van der Waals surface area contributed by atoms with Crippen molar-refractivity contribution in [3.05, 3.63) is 52.2 Å². The molecule has 4 nitrogen and oxygen atoms in total. The molecule has 1 atom stereocenters. The lowest BCUT2D eigenvalue weighted by molar-refractivity contribution is 0.655. The summed E-state index contributed by atoms with van der Waals surface area (Å²) in [5.41, 5.74) is 7.63. The summed E-state index contributed by atoms with van der Waals surface area (Å²) in [5.74, 6) is 0.512. The van der Waals surface area contributed by atoms with Crippen LogP contribution in [0.1, 0.15) is 17.8 Å². The number of thiophene rings is 1. The van der Waals surface area contributed by atoms with Gasteiger partial charge in [-0.05, 0) is 31.2 Å². The predicted octanol–water partition coefficient (Wildman–Crippen LogP) is 3.85. The Labute approximate surface area is 125 Å². The molecular formula is C14H13ClN4S. The predicted molar refractivity (Wildman–Crippen MR) is 83.0 cm³/mol. The van der Waals surface area contributed by atoms with Crippen molar-refractivity contribution < 1.29 is 0 Å². The van der Waals surface area contributed by atoms with E-state index in [1.807, 2.05) is 30.7 Å². The van der Waals surface area contributed by atoms with Gasteiger partial charge in [-0.1, -0.05) is 11.6 Å². The van der Waals surface area contributed by atoms with Crippen molar-refractivity contribution in [2.24, 2.45) is 0 Å². The van der Waals surface area contributed by atoms with E-state index < -0.39 is 0 Å². The molecule has 0 saturated carbocycles. The van der Waals surface area contributed by atoms with Crippen molar-refractivity contribution in [1.82, 2.24) is 14.5 Å². The molecule has 102 valence electrons. The van der Waals surface area contributed by atoms with Crippen LogP contribution in [0, 0.1) is 0 Å². The molecule has 3 aromatic heterocycles. The smallest absolute Gasteiger partial charge is 0.123 e. The summed E-state index contributed by atoms with van der Waals surface area (Å²) in [4.78, 5) is 9.57. The first kappa shape index (κ1) is 13.1. The second-order valence-corrected chi connectivity index (χ2v) is 6.22. The molecule has 0 bridgehead atoms. The van der Waals surface area contributed by atoms with Gasteiger partial charge < -0.3 is 10.3 Å². The first-order valence-electron chi connectivity index (χ1n) is 6.14. The van der Waals surface area contributed by atoms with E-state index >= 15 is 0 Å². The lowest BCUT2D eigenvalue weighted by Gasteiger charge is -2.15. The maximum absolute atomic E-state index is 6.01. The van der Waals surface area contributed by atoms with Gasteiger partial charge in [-0.2, -0.15) is 0 Å². The third-order valence-corrected chi connectivity index (χ3v) is 4.57. The summed E-state index contributed by atoms with van der Waals surface area (Å²) in [5, 5.41) is 0. The van der Waals surface area contributed by atoms with Crippen LogP contribution in [-0.4, -0.2) is 14.5 Å². The highest BCUT2D eigenvalue weighted by Crippen LogP contribution is 2.32. The fraction of sp³-hybridized carbons (Fsp3) is 0.143. The van der Waals surface area contributed by atoms with E-state index in [4.69, 9.17) is 17.3 Å². The van der Waals surface area contributed by atoms with Crippen LogP contribution in [0.5, 0.6) is 0 Å². The average Bonchev–Trinajstić information content (AvgIpc) is 3.07. The molecule has 1 unspecified atom stereocenters. The Bertz CT molecular complexity index is 717. The van der Waals surface area contributed by atoms with E-state index in [1.165, 1.54) is 4.88 Å². The second kappa shape index (κ2) is 5.26. The minimum Gasteiger partial charge on any atom is -0.384 e. The van der Waals surface area contributed by atoms with Gasteiger partial charge in [0.1, 0.15) is 5.82 Å². The Morgan fingerprint density at radius 1 is 1.25 bits per heavy atom. The van der Waals surface area contributed by atoms with Gasteiger partial charge in [-0.15, -0.1) is 11.3 Å². The maximum Gasteiger partial charge on any atom is 0.123 e. The number of anilines is 1. The van der Waals surface area contributed by atoms with Crippen LogP contribution in [-0.2, 0) is 0 Å². The summed E-state index contributed by atoms with van der Waals surface area (Å²) >= 11 is 7.59. The Kier molecular flexibility index (Phi) is 3.46. The molecule has 2 N–H and O–H groups in total. The first-order chi connectivity index (χ1) is 9.65. The zero-order valence-electron chi connectivity index (χ0n) is 10.8. The van der Waals surface area contributed by atoms with Gasteiger partial charge in [0.15, 0.2) is 0 Å². The Balaban J connectivity index is 1.99. The lowest BCUT2D eigenvalue weighted by Crippen LogP contribution is -2.05. The fourth-order valence-corrected chi connectivity index (χ4v) is 3.20. The molecule has 0 spiro atoms. The van der Waals surface area contributed by atoms with Crippen LogP contribution in [0.4, 0.5) is 5.82 Å². The van der Waals surface area contributed by atoms with Crippen LogP contribution >= 0.6 is 22.9 Å². The number of pyridine rings is 1. The third kappa shape index (κ3) is 2.42. The number of nitrogens with zero attached hydrogens (tertiary/aromatic N) is 3. The fourth-order valence-electron chi connectivity index (χ4n) is 2.08. The van der Waals surface area contributed by atoms with Crippen LogP contribution in [0.3, 0.4) is 0 Å². The number of halogens is 1. The summed E-state index contributed by atoms with van der Waals surface area (Å²) in [6.07, 6.45) is 5.42. The number of imidazole rings is 1. The topological polar surface area (TPSA) is 56.7 Å². The van der Waals surface area contributed by atoms with Gasteiger partial charge in [0, 0.05) is 16.6 Å². The minimum absolute atomic E-state index is 0.169. The molecule has 3 aromatic rings. The van der Waals surface area contributed by atoms with E-state index in [9.17, 15) is 0 Å². The van der Waals surface area contributed by atoms with Gasteiger partial charge in [-0.3, -0.25) is 0 Å². The van der Waals surface area contributed by atoms with E-state index in [0.717, 1.165) is 15.6 Å². The number of aromatic nitrogens is 3. The molecule has 0 radical (unpaired) electrons. The molecule has 0 aliphatic heterocycles. The number of hydrogen-bond donors (Lipinski definition) is 1. The lowest BCUT2D eigenvalue weighted by atomic mass is 10.2. The van der Waals surface area contributed by atoms with Crippen LogP contribution in [0.2, 0.25) is 4.34 Å². The van der Waals surface area contributed by atoms with Crippen molar-refractivity contribution in [1.29, 1.82) is 0 Å². The zero-order valence-corrected chi connectivity index (χ0v) is 12.4. The summed E-state index contributed by atoms with van der Waals surface area (Å²) in [6, 6.07) is 7.87. The van der Waals surface area contributed by atoms with Gasteiger partial charge in [0.2, 0.25) is 0 Å². The normalized spacial score (nSPS) is 12.5. The van der Waals surface area contributed by atoms with E-state index in [1.54, 1.807) is 23.6 Å². The first-order valence-corrected chi connectivity index (χ1v) is 7.33. The third-order valence-electron chi connectivity index (χ3n) is 3.17. The van der Waals surface area contributed by atoms with Gasteiger partial charge in [0.05, 0.1) is 28.6 Å². The Morgan fingerprint density at radius 3 is 2.75 bits per heavy atom. The highest BCUT2D eigenvalue weighted by atomic mass is 35.5. The molecule has 0 aliphatic carbocycles. The van der Waals surface area contributed by atoms with E-state index in [-0.39, 0.29) is 6.04 Å². The maximum atomic E-state index is 6.01. The highest BCUT2D eigenvalue weighted by molar-refractivity contribution is 7.16. The standard InChI is InChI=1S/C14H13ClN4S/c1-9(12-3-4-13(15)20-12)19-8-17-7-11(19)10-2-5-14(16)18-6-10/h2-9H,1H3,(H2,16,18). The van der Waals surface area contributed by atoms with Crippen LogP contribution < -0.4 is 5.73 Å². The molecule has 0 aliphatic rings. The van der Waals surface area contributed by atoms with Crippen molar-refractivity contribution in [2.75, 3.05) is 5.73 Å². The van der Waals surface area contributed by atoms with Crippen molar-refractivity contribution >= 4 is 28.8 Å². The van der Waals surface area contributed by atoms with Crippen molar-refractivity contribution in [3.8, 4) is 11.3 Å². The van der Waals surface area contributed by atoms with Gasteiger partial charge >= 0.3 is 0 Å². The average molecular weight is 305 g/mol. The molecule has 3 heterocycles.